The molecule has 1 N–H and O–H groups in total. The predicted molar refractivity (Wildman–Crippen MR) is 60.2 cm³/mol. The number of piperidine rings is 1. The SMILES string of the molecule is COCCN1CC(C(=O)NCC(F)(F)F)CCC1=O. The molecule has 1 rings (SSSR count). The highest BCUT2D eigenvalue weighted by atomic mass is 19.4. The van der Waals surface area contributed by atoms with E-state index in [1.54, 1.807) is 0 Å². The van der Waals surface area contributed by atoms with Crippen LogP contribution in [0.5, 0.6) is 0 Å². The van der Waals surface area contributed by atoms with Crippen molar-refractivity contribution in [3.8, 4) is 0 Å². The summed E-state index contributed by atoms with van der Waals surface area (Å²) in [6.45, 7) is -0.513. The average molecular weight is 282 g/mol. The smallest absolute Gasteiger partial charge is 0.383 e. The maximum atomic E-state index is 12.0. The molecule has 8 heteroatoms. The van der Waals surface area contributed by atoms with Gasteiger partial charge in [0.15, 0.2) is 0 Å². The predicted octanol–water partition coefficient (Wildman–Crippen LogP) is 0.550. The maximum Gasteiger partial charge on any atom is 0.405 e. The summed E-state index contributed by atoms with van der Waals surface area (Å²) in [7, 11) is 1.49. The van der Waals surface area contributed by atoms with E-state index in [0.717, 1.165) is 0 Å². The lowest BCUT2D eigenvalue weighted by Crippen LogP contribution is -2.48. The number of halogens is 3. The highest BCUT2D eigenvalue weighted by Gasteiger charge is 2.33. The molecule has 0 aromatic rings. The van der Waals surface area contributed by atoms with Gasteiger partial charge in [-0.25, -0.2) is 0 Å². The van der Waals surface area contributed by atoms with Crippen molar-refractivity contribution in [2.75, 3.05) is 33.4 Å². The minimum Gasteiger partial charge on any atom is -0.383 e. The summed E-state index contributed by atoms with van der Waals surface area (Å²) in [4.78, 5) is 24.6. The van der Waals surface area contributed by atoms with Crippen LogP contribution in [0.15, 0.2) is 0 Å². The summed E-state index contributed by atoms with van der Waals surface area (Å²) < 4.78 is 40.8. The number of likely N-dealkylation sites (tertiary alicyclic amines) is 1. The van der Waals surface area contributed by atoms with E-state index >= 15 is 0 Å². The molecule has 110 valence electrons. The average Bonchev–Trinajstić information content (AvgIpc) is 2.34. The van der Waals surface area contributed by atoms with E-state index in [2.05, 4.69) is 0 Å². The van der Waals surface area contributed by atoms with Crippen molar-refractivity contribution in [3.63, 3.8) is 0 Å². The fourth-order valence-electron chi connectivity index (χ4n) is 1.88. The number of carbonyl (C=O) groups is 2. The Kier molecular flexibility index (Phi) is 5.59. The third-order valence-corrected chi connectivity index (χ3v) is 2.90. The first kappa shape index (κ1) is 15.7. The molecule has 0 spiro atoms. The number of ether oxygens (including phenoxy) is 1. The second kappa shape index (κ2) is 6.74. The third kappa shape index (κ3) is 5.46. The van der Waals surface area contributed by atoms with Crippen LogP contribution in [0, 0.1) is 5.92 Å². The number of alkyl halides is 3. The molecule has 1 aliphatic heterocycles. The van der Waals surface area contributed by atoms with E-state index in [4.69, 9.17) is 4.74 Å². The van der Waals surface area contributed by atoms with Crippen molar-refractivity contribution in [2.24, 2.45) is 5.92 Å². The van der Waals surface area contributed by atoms with Gasteiger partial charge in [-0.15, -0.1) is 0 Å². The van der Waals surface area contributed by atoms with Gasteiger partial charge in [-0.05, 0) is 6.42 Å². The minimum absolute atomic E-state index is 0.100. The molecule has 1 atom stereocenters. The lowest BCUT2D eigenvalue weighted by Gasteiger charge is -2.31. The lowest BCUT2D eigenvalue weighted by atomic mass is 9.96. The van der Waals surface area contributed by atoms with Gasteiger partial charge in [-0.2, -0.15) is 13.2 Å². The van der Waals surface area contributed by atoms with Crippen molar-refractivity contribution < 1.29 is 27.5 Å². The molecule has 1 unspecified atom stereocenters. The summed E-state index contributed by atoms with van der Waals surface area (Å²) in [6.07, 6.45) is -3.96. The van der Waals surface area contributed by atoms with Gasteiger partial charge in [0, 0.05) is 26.6 Å². The molecule has 19 heavy (non-hydrogen) atoms. The Labute approximate surface area is 109 Å². The standard InChI is InChI=1S/C11H17F3N2O3/c1-19-5-4-16-6-8(2-3-9(16)17)10(18)15-7-11(12,13)14/h8H,2-7H2,1H3,(H,15,18). The van der Waals surface area contributed by atoms with Crippen LogP contribution in [-0.2, 0) is 14.3 Å². The Hall–Kier alpha value is -1.31. The first-order valence-corrected chi connectivity index (χ1v) is 5.94. The molecule has 1 aliphatic rings. The van der Waals surface area contributed by atoms with Crippen LogP contribution >= 0.6 is 0 Å². The maximum absolute atomic E-state index is 12.0. The molecule has 0 saturated carbocycles. The zero-order valence-electron chi connectivity index (χ0n) is 10.6. The van der Waals surface area contributed by atoms with Gasteiger partial charge in [-0.1, -0.05) is 0 Å². The zero-order chi connectivity index (χ0) is 14.5. The highest BCUT2D eigenvalue weighted by Crippen LogP contribution is 2.18. The summed E-state index contributed by atoms with van der Waals surface area (Å²) in [5.41, 5.74) is 0. The Morgan fingerprint density at radius 2 is 2.21 bits per heavy atom. The molecule has 0 bridgehead atoms. The molecule has 0 aromatic heterocycles. The molecule has 1 fully saturated rings. The van der Waals surface area contributed by atoms with Gasteiger partial charge in [0.25, 0.3) is 0 Å². The molecule has 2 amide bonds. The van der Waals surface area contributed by atoms with Gasteiger partial charge in [0.1, 0.15) is 6.54 Å². The Bertz CT molecular complexity index is 334. The van der Waals surface area contributed by atoms with Gasteiger partial charge in [0.05, 0.1) is 12.5 Å². The first-order valence-electron chi connectivity index (χ1n) is 5.94. The number of hydrogen-bond acceptors (Lipinski definition) is 3. The van der Waals surface area contributed by atoms with Crippen molar-refractivity contribution in [3.05, 3.63) is 0 Å². The van der Waals surface area contributed by atoms with Gasteiger partial charge in [-0.3, -0.25) is 9.59 Å². The van der Waals surface area contributed by atoms with Crippen LogP contribution in [0.1, 0.15) is 12.8 Å². The van der Waals surface area contributed by atoms with Crippen LogP contribution in [0.3, 0.4) is 0 Å². The zero-order valence-corrected chi connectivity index (χ0v) is 10.6. The number of nitrogens with one attached hydrogen (secondary N) is 1. The lowest BCUT2D eigenvalue weighted by molar-refractivity contribution is -0.145. The van der Waals surface area contributed by atoms with E-state index in [-0.39, 0.29) is 25.3 Å². The van der Waals surface area contributed by atoms with Gasteiger partial charge < -0.3 is 15.0 Å². The number of methoxy groups -OCH3 is 1. The van der Waals surface area contributed by atoms with Crippen molar-refractivity contribution in [2.45, 2.75) is 19.0 Å². The van der Waals surface area contributed by atoms with Crippen LogP contribution in [0.25, 0.3) is 0 Å². The molecule has 1 saturated heterocycles. The summed E-state index contributed by atoms with van der Waals surface area (Å²) >= 11 is 0. The minimum atomic E-state index is -4.42. The molecule has 0 aromatic carbocycles. The second-order valence-electron chi connectivity index (χ2n) is 4.40. The van der Waals surface area contributed by atoms with Crippen molar-refractivity contribution >= 4 is 11.8 Å². The molecule has 0 aliphatic carbocycles. The topological polar surface area (TPSA) is 58.6 Å². The fourth-order valence-corrected chi connectivity index (χ4v) is 1.88. The summed E-state index contributed by atoms with van der Waals surface area (Å²) in [5.74, 6) is -1.35. The molecule has 1 heterocycles. The largest absolute Gasteiger partial charge is 0.405 e. The van der Waals surface area contributed by atoms with Crippen LogP contribution in [0.4, 0.5) is 13.2 Å². The Balaban J connectivity index is 2.45. The van der Waals surface area contributed by atoms with Crippen LogP contribution < -0.4 is 5.32 Å². The van der Waals surface area contributed by atoms with Crippen LogP contribution in [-0.4, -0.2) is 56.2 Å². The van der Waals surface area contributed by atoms with E-state index in [9.17, 15) is 22.8 Å². The molecule has 0 radical (unpaired) electrons. The second-order valence-corrected chi connectivity index (χ2v) is 4.40. The third-order valence-electron chi connectivity index (χ3n) is 2.90. The number of hydrogen-bond donors (Lipinski definition) is 1. The Morgan fingerprint density at radius 1 is 1.53 bits per heavy atom. The van der Waals surface area contributed by atoms with E-state index < -0.39 is 24.5 Å². The molecular formula is C11H17F3N2O3. The number of amides is 2. The van der Waals surface area contributed by atoms with E-state index in [1.807, 2.05) is 5.32 Å². The van der Waals surface area contributed by atoms with Gasteiger partial charge >= 0.3 is 6.18 Å². The number of rotatable bonds is 5. The van der Waals surface area contributed by atoms with E-state index in [0.29, 0.717) is 13.2 Å². The number of nitrogens with zero attached hydrogens (tertiary/aromatic N) is 1. The molecule has 5 nitrogen and oxygen atoms in total. The summed E-state index contributed by atoms with van der Waals surface area (Å²) in [6, 6.07) is 0. The van der Waals surface area contributed by atoms with E-state index in [1.165, 1.54) is 12.0 Å². The molecular weight excluding hydrogens is 265 g/mol. The monoisotopic (exact) mass is 282 g/mol. The quantitative estimate of drug-likeness (QED) is 0.801. The number of carbonyl (C=O) groups excluding carboxylic acids is 2. The van der Waals surface area contributed by atoms with Gasteiger partial charge in [0.2, 0.25) is 11.8 Å². The van der Waals surface area contributed by atoms with Crippen molar-refractivity contribution in [1.29, 1.82) is 0 Å². The van der Waals surface area contributed by atoms with Crippen molar-refractivity contribution in [1.82, 2.24) is 10.2 Å². The summed E-state index contributed by atoms with van der Waals surface area (Å²) in [5, 5.41) is 1.85. The highest BCUT2D eigenvalue weighted by molar-refractivity contribution is 5.83. The Morgan fingerprint density at radius 3 is 2.79 bits per heavy atom. The fraction of sp³-hybridized carbons (Fsp3) is 0.818. The normalized spacial score (nSPS) is 20.5. The van der Waals surface area contributed by atoms with Crippen LogP contribution in [0.2, 0.25) is 0 Å². The first-order chi connectivity index (χ1) is 8.83.